The second kappa shape index (κ2) is 3.81. The summed E-state index contributed by atoms with van der Waals surface area (Å²) >= 11 is 3.14. The lowest BCUT2D eigenvalue weighted by atomic mass is 10.2. The minimum Gasteiger partial charge on any atom is -0.381 e. The molecule has 0 radical (unpaired) electrons. The van der Waals surface area contributed by atoms with Crippen molar-refractivity contribution in [1.82, 2.24) is 4.98 Å². The molecule has 2 rings (SSSR count). The number of thiazole rings is 1. The predicted molar refractivity (Wildman–Crippen MR) is 60.0 cm³/mol. The summed E-state index contributed by atoms with van der Waals surface area (Å²) in [5.74, 6) is 0. The van der Waals surface area contributed by atoms with Gasteiger partial charge in [0.25, 0.3) is 0 Å². The van der Waals surface area contributed by atoms with Crippen molar-refractivity contribution in [2.75, 3.05) is 0 Å². The van der Waals surface area contributed by atoms with Crippen LogP contribution in [0.4, 0.5) is 0 Å². The van der Waals surface area contributed by atoms with E-state index in [1.165, 1.54) is 21.8 Å². The third-order valence-electron chi connectivity index (χ3n) is 2.19. The van der Waals surface area contributed by atoms with Crippen LogP contribution in [-0.4, -0.2) is 10.1 Å². The molecule has 0 aliphatic carbocycles. The van der Waals surface area contributed by atoms with Gasteiger partial charge in [-0.1, -0.05) is 0 Å². The van der Waals surface area contributed by atoms with E-state index in [9.17, 15) is 5.11 Å². The van der Waals surface area contributed by atoms with Crippen LogP contribution in [0.25, 0.3) is 0 Å². The minimum atomic E-state index is -0.557. The average Bonchev–Trinajstić information content (AvgIpc) is 2.76. The minimum absolute atomic E-state index is 0.557. The molecule has 0 bridgehead atoms. The first kappa shape index (κ1) is 9.83. The third kappa shape index (κ3) is 1.73. The fourth-order valence-electron chi connectivity index (χ4n) is 1.24. The smallest absolute Gasteiger partial charge is 0.131 e. The lowest BCUT2D eigenvalue weighted by molar-refractivity contribution is 0.220. The van der Waals surface area contributed by atoms with Gasteiger partial charge in [-0.3, -0.25) is 0 Å². The van der Waals surface area contributed by atoms with Crippen LogP contribution < -0.4 is 0 Å². The first-order chi connectivity index (χ1) is 6.68. The maximum absolute atomic E-state index is 9.97. The van der Waals surface area contributed by atoms with E-state index >= 15 is 0 Å². The number of thiophene rings is 1. The number of aryl methyl sites for hydroxylation is 2. The highest BCUT2D eigenvalue weighted by atomic mass is 32.1. The topological polar surface area (TPSA) is 33.1 Å². The molecule has 2 heterocycles. The summed E-state index contributed by atoms with van der Waals surface area (Å²) in [6.07, 6.45) is -0.557. The zero-order chi connectivity index (χ0) is 10.1. The third-order valence-corrected chi connectivity index (χ3v) is 4.00. The molecule has 14 heavy (non-hydrogen) atoms. The zero-order valence-electron chi connectivity index (χ0n) is 8.02. The highest BCUT2D eigenvalue weighted by molar-refractivity contribution is 7.12. The van der Waals surface area contributed by atoms with Crippen molar-refractivity contribution in [1.29, 1.82) is 0 Å². The van der Waals surface area contributed by atoms with Gasteiger partial charge in [-0.05, 0) is 25.5 Å². The number of aliphatic hydroxyl groups is 1. The predicted octanol–water partition coefficient (Wildman–Crippen LogP) is 2.90. The zero-order valence-corrected chi connectivity index (χ0v) is 9.65. The average molecular weight is 225 g/mol. The lowest BCUT2D eigenvalue weighted by Gasteiger charge is -2.03. The fourth-order valence-corrected chi connectivity index (χ4v) is 2.85. The van der Waals surface area contributed by atoms with E-state index in [1.807, 2.05) is 11.4 Å². The maximum atomic E-state index is 9.97. The van der Waals surface area contributed by atoms with Crippen molar-refractivity contribution < 1.29 is 5.11 Å². The van der Waals surface area contributed by atoms with Crippen LogP contribution in [-0.2, 0) is 0 Å². The normalized spacial score (nSPS) is 13.1. The first-order valence-electron chi connectivity index (χ1n) is 4.31. The number of rotatable bonds is 2. The fraction of sp³-hybridized carbons (Fsp3) is 0.300. The molecule has 4 heteroatoms. The lowest BCUT2D eigenvalue weighted by Crippen LogP contribution is -1.96. The van der Waals surface area contributed by atoms with Gasteiger partial charge in [0.15, 0.2) is 0 Å². The molecule has 1 atom stereocenters. The van der Waals surface area contributed by atoms with E-state index < -0.39 is 6.10 Å². The summed E-state index contributed by atoms with van der Waals surface area (Å²) in [4.78, 5) is 6.34. The van der Waals surface area contributed by atoms with Crippen molar-refractivity contribution in [2.45, 2.75) is 20.0 Å². The second-order valence-corrected chi connectivity index (χ2v) is 5.21. The molecule has 0 aromatic carbocycles. The number of nitrogens with zero attached hydrogens (tertiary/aromatic N) is 1. The molecule has 0 spiro atoms. The summed E-state index contributed by atoms with van der Waals surface area (Å²) < 4.78 is 0. The summed E-state index contributed by atoms with van der Waals surface area (Å²) in [5.41, 5.74) is 3.72. The highest BCUT2D eigenvalue weighted by Gasteiger charge is 2.15. The largest absolute Gasteiger partial charge is 0.381 e. The monoisotopic (exact) mass is 225 g/mol. The number of aromatic nitrogens is 1. The molecule has 1 N–H and O–H groups in total. The number of hydrogen-bond acceptors (Lipinski definition) is 4. The summed E-state index contributed by atoms with van der Waals surface area (Å²) in [6, 6.07) is 2.03. The Bertz CT molecular complexity index is 400. The Morgan fingerprint density at radius 1 is 1.43 bits per heavy atom. The first-order valence-corrected chi connectivity index (χ1v) is 6.07. The molecule has 0 fully saturated rings. The molecule has 0 aliphatic rings. The summed E-state index contributed by atoms with van der Waals surface area (Å²) in [7, 11) is 0. The summed E-state index contributed by atoms with van der Waals surface area (Å²) in [6.45, 7) is 4.13. The molecule has 0 saturated heterocycles. The standard InChI is InChI=1S/C10H11NOS2/c1-6-3-9(14-7(6)2)10(12)8-4-13-5-11-8/h3-5,10,12H,1-2H3. The van der Waals surface area contributed by atoms with Crippen molar-refractivity contribution in [3.05, 3.63) is 38.0 Å². The van der Waals surface area contributed by atoms with Crippen LogP contribution in [0.5, 0.6) is 0 Å². The van der Waals surface area contributed by atoms with Crippen LogP contribution >= 0.6 is 22.7 Å². The van der Waals surface area contributed by atoms with Crippen LogP contribution in [0.3, 0.4) is 0 Å². The van der Waals surface area contributed by atoms with E-state index in [0.717, 1.165) is 10.6 Å². The van der Waals surface area contributed by atoms with Crippen molar-refractivity contribution in [3.63, 3.8) is 0 Å². The Kier molecular flexibility index (Phi) is 2.67. The van der Waals surface area contributed by atoms with Crippen LogP contribution in [0.15, 0.2) is 17.0 Å². The van der Waals surface area contributed by atoms with Gasteiger partial charge in [0, 0.05) is 15.1 Å². The van der Waals surface area contributed by atoms with Gasteiger partial charge >= 0.3 is 0 Å². The number of aliphatic hydroxyl groups excluding tert-OH is 1. The van der Waals surface area contributed by atoms with Gasteiger partial charge in [-0.15, -0.1) is 22.7 Å². The quantitative estimate of drug-likeness (QED) is 0.852. The molecule has 1 unspecified atom stereocenters. The Labute approximate surface area is 90.9 Å². The van der Waals surface area contributed by atoms with E-state index in [2.05, 4.69) is 18.8 Å². The van der Waals surface area contributed by atoms with Crippen LogP contribution in [0.2, 0.25) is 0 Å². The van der Waals surface area contributed by atoms with Crippen molar-refractivity contribution in [2.24, 2.45) is 0 Å². The van der Waals surface area contributed by atoms with Gasteiger partial charge in [0.2, 0.25) is 0 Å². The molecule has 0 amide bonds. The van der Waals surface area contributed by atoms with Crippen LogP contribution in [0.1, 0.15) is 27.1 Å². The Morgan fingerprint density at radius 3 is 2.71 bits per heavy atom. The van der Waals surface area contributed by atoms with Gasteiger partial charge in [0.1, 0.15) is 6.10 Å². The van der Waals surface area contributed by atoms with E-state index in [1.54, 1.807) is 16.8 Å². The van der Waals surface area contributed by atoms with Gasteiger partial charge < -0.3 is 5.11 Å². The van der Waals surface area contributed by atoms with E-state index in [-0.39, 0.29) is 0 Å². The van der Waals surface area contributed by atoms with Crippen LogP contribution in [0, 0.1) is 13.8 Å². The van der Waals surface area contributed by atoms with E-state index in [0.29, 0.717) is 0 Å². The molecule has 0 saturated carbocycles. The molecule has 0 aliphatic heterocycles. The maximum Gasteiger partial charge on any atom is 0.131 e. The Morgan fingerprint density at radius 2 is 2.21 bits per heavy atom. The van der Waals surface area contributed by atoms with Gasteiger partial charge in [0.05, 0.1) is 11.2 Å². The molecule has 2 aromatic rings. The van der Waals surface area contributed by atoms with Crippen molar-refractivity contribution >= 4 is 22.7 Å². The van der Waals surface area contributed by atoms with Gasteiger partial charge in [-0.2, -0.15) is 0 Å². The van der Waals surface area contributed by atoms with Gasteiger partial charge in [-0.25, -0.2) is 4.98 Å². The SMILES string of the molecule is Cc1cc(C(O)c2cscn2)sc1C. The summed E-state index contributed by atoms with van der Waals surface area (Å²) in [5, 5.41) is 11.9. The van der Waals surface area contributed by atoms with E-state index in [4.69, 9.17) is 0 Å². The van der Waals surface area contributed by atoms with Crippen molar-refractivity contribution in [3.8, 4) is 0 Å². The Balaban J connectivity index is 2.32. The molecule has 2 aromatic heterocycles. The molecular weight excluding hydrogens is 214 g/mol. The highest BCUT2D eigenvalue weighted by Crippen LogP contribution is 2.30. The Hall–Kier alpha value is -0.710. The number of hydrogen-bond donors (Lipinski definition) is 1. The molecular formula is C10H11NOS2. The molecule has 74 valence electrons. The molecule has 2 nitrogen and oxygen atoms in total. The second-order valence-electron chi connectivity index (χ2n) is 3.20.